The first kappa shape index (κ1) is 13.5. The monoisotopic (exact) mass is 236 g/mol. The molecule has 4 nitrogen and oxygen atoms in total. The quantitative estimate of drug-likeness (QED) is 0.689. The zero-order valence-corrected chi connectivity index (χ0v) is 10.5. The fourth-order valence-electron chi connectivity index (χ4n) is 1.44. The fourth-order valence-corrected chi connectivity index (χ4v) is 1.44. The van der Waals surface area contributed by atoms with Gasteiger partial charge in [-0.05, 0) is 38.5 Å². The van der Waals surface area contributed by atoms with Gasteiger partial charge in [-0.2, -0.15) is 0 Å². The maximum absolute atomic E-state index is 11.8. The van der Waals surface area contributed by atoms with Crippen LogP contribution in [0.4, 0.5) is 5.69 Å². The van der Waals surface area contributed by atoms with Crippen molar-refractivity contribution >= 4 is 11.6 Å². The van der Waals surface area contributed by atoms with Crippen molar-refractivity contribution in [1.82, 2.24) is 5.32 Å². The van der Waals surface area contributed by atoms with Crippen LogP contribution in [0.2, 0.25) is 0 Å². The average molecular weight is 236 g/mol. The number of aliphatic hydroxyl groups is 1. The van der Waals surface area contributed by atoms with Crippen LogP contribution in [-0.2, 0) is 4.79 Å². The molecule has 0 saturated heterocycles. The first-order valence-electron chi connectivity index (χ1n) is 5.65. The summed E-state index contributed by atoms with van der Waals surface area (Å²) in [5.74, 6) is -0.390. The molecule has 0 aliphatic rings. The molecule has 1 aromatic rings. The Balaban J connectivity index is 2.64. The molecule has 0 spiro atoms. The van der Waals surface area contributed by atoms with E-state index in [9.17, 15) is 9.90 Å². The van der Waals surface area contributed by atoms with Crippen molar-refractivity contribution in [1.29, 1.82) is 0 Å². The number of hydrogen-bond donors (Lipinski definition) is 3. The minimum atomic E-state index is -0.898. The molecule has 0 aliphatic heterocycles. The molecular formula is C13H20N2O2. The lowest BCUT2D eigenvalue weighted by Gasteiger charge is -2.20. The van der Waals surface area contributed by atoms with E-state index in [2.05, 4.69) is 5.32 Å². The molecule has 1 aromatic carbocycles. The van der Waals surface area contributed by atoms with E-state index in [1.54, 1.807) is 26.0 Å². The molecule has 17 heavy (non-hydrogen) atoms. The van der Waals surface area contributed by atoms with Crippen molar-refractivity contribution in [2.45, 2.75) is 32.3 Å². The molecule has 0 bridgehead atoms. The molecule has 1 unspecified atom stereocenters. The third-order valence-electron chi connectivity index (χ3n) is 2.50. The van der Waals surface area contributed by atoms with Gasteiger partial charge in [-0.25, -0.2) is 0 Å². The lowest BCUT2D eigenvalue weighted by atomic mass is 9.99. The molecule has 1 atom stereocenters. The Morgan fingerprint density at radius 1 is 1.53 bits per heavy atom. The van der Waals surface area contributed by atoms with Crippen molar-refractivity contribution in [3.63, 3.8) is 0 Å². The van der Waals surface area contributed by atoms with Crippen LogP contribution >= 0.6 is 0 Å². The third-order valence-corrected chi connectivity index (χ3v) is 2.50. The van der Waals surface area contributed by atoms with E-state index >= 15 is 0 Å². The van der Waals surface area contributed by atoms with Crippen LogP contribution in [0.1, 0.15) is 32.3 Å². The van der Waals surface area contributed by atoms with E-state index in [1.165, 1.54) is 0 Å². The van der Waals surface area contributed by atoms with E-state index in [0.717, 1.165) is 5.56 Å². The molecule has 0 radical (unpaired) electrons. The van der Waals surface area contributed by atoms with Crippen LogP contribution in [0.5, 0.6) is 0 Å². The van der Waals surface area contributed by atoms with Gasteiger partial charge in [-0.3, -0.25) is 4.79 Å². The van der Waals surface area contributed by atoms with Crippen LogP contribution < -0.4 is 11.1 Å². The maximum Gasteiger partial charge on any atom is 0.227 e. The Labute approximate surface area is 102 Å². The van der Waals surface area contributed by atoms with Crippen molar-refractivity contribution < 1.29 is 9.90 Å². The summed E-state index contributed by atoms with van der Waals surface area (Å²) in [6, 6.07) is 7.26. The normalized spacial score (nSPS) is 13.2. The fraction of sp³-hybridized carbons (Fsp3) is 0.462. The SMILES string of the molecule is CC(C(=O)NCC(C)(C)O)c1cccc(N)c1. The second-order valence-corrected chi connectivity index (χ2v) is 4.92. The number of rotatable bonds is 4. The summed E-state index contributed by atoms with van der Waals surface area (Å²) in [5, 5.41) is 12.2. The predicted octanol–water partition coefficient (Wildman–Crippen LogP) is 1.26. The number of benzene rings is 1. The number of anilines is 1. The van der Waals surface area contributed by atoms with Gasteiger partial charge in [0.2, 0.25) is 5.91 Å². The summed E-state index contributed by atoms with van der Waals surface area (Å²) in [7, 11) is 0. The average Bonchev–Trinajstić information content (AvgIpc) is 2.24. The van der Waals surface area contributed by atoms with E-state index in [-0.39, 0.29) is 18.4 Å². The zero-order chi connectivity index (χ0) is 13.1. The molecule has 1 amide bonds. The number of carbonyl (C=O) groups excluding carboxylic acids is 1. The highest BCUT2D eigenvalue weighted by molar-refractivity contribution is 5.83. The first-order chi connectivity index (χ1) is 7.79. The molecule has 0 heterocycles. The van der Waals surface area contributed by atoms with Gasteiger partial charge in [0.15, 0.2) is 0 Å². The first-order valence-corrected chi connectivity index (χ1v) is 5.65. The minimum absolute atomic E-state index is 0.113. The maximum atomic E-state index is 11.8. The second kappa shape index (κ2) is 5.19. The number of nitrogen functional groups attached to an aromatic ring is 1. The summed E-state index contributed by atoms with van der Waals surface area (Å²) in [5.41, 5.74) is 6.29. The van der Waals surface area contributed by atoms with Crippen molar-refractivity contribution in [3.05, 3.63) is 29.8 Å². The molecule has 1 rings (SSSR count). The van der Waals surface area contributed by atoms with Crippen LogP contribution in [0, 0.1) is 0 Å². The lowest BCUT2D eigenvalue weighted by Crippen LogP contribution is -2.39. The van der Waals surface area contributed by atoms with Gasteiger partial charge in [0, 0.05) is 12.2 Å². The summed E-state index contributed by atoms with van der Waals surface area (Å²) >= 11 is 0. The van der Waals surface area contributed by atoms with Crippen molar-refractivity contribution in [2.24, 2.45) is 0 Å². The number of carbonyl (C=O) groups is 1. The van der Waals surface area contributed by atoms with E-state index in [0.29, 0.717) is 5.69 Å². The minimum Gasteiger partial charge on any atom is -0.399 e. The van der Waals surface area contributed by atoms with E-state index in [1.807, 2.05) is 19.1 Å². The largest absolute Gasteiger partial charge is 0.399 e. The Hall–Kier alpha value is -1.55. The molecule has 0 saturated carbocycles. The smallest absolute Gasteiger partial charge is 0.227 e. The molecule has 4 heteroatoms. The molecule has 0 fully saturated rings. The molecule has 0 aliphatic carbocycles. The summed E-state index contributed by atoms with van der Waals surface area (Å²) in [4.78, 5) is 11.8. The standard InChI is InChI=1S/C13H20N2O2/c1-9(10-5-4-6-11(14)7-10)12(16)15-8-13(2,3)17/h4-7,9,17H,8,14H2,1-3H3,(H,15,16). The van der Waals surface area contributed by atoms with Crippen molar-refractivity contribution in [2.75, 3.05) is 12.3 Å². The van der Waals surface area contributed by atoms with Crippen LogP contribution in [-0.4, -0.2) is 23.2 Å². The van der Waals surface area contributed by atoms with Crippen LogP contribution in [0.15, 0.2) is 24.3 Å². The summed E-state index contributed by atoms with van der Waals surface area (Å²) in [6.07, 6.45) is 0. The third kappa shape index (κ3) is 4.44. The van der Waals surface area contributed by atoms with Gasteiger partial charge in [0.05, 0.1) is 11.5 Å². The number of nitrogens with two attached hydrogens (primary N) is 1. The zero-order valence-electron chi connectivity index (χ0n) is 10.5. The van der Waals surface area contributed by atoms with Gasteiger partial charge in [0.1, 0.15) is 0 Å². The molecular weight excluding hydrogens is 216 g/mol. The van der Waals surface area contributed by atoms with Gasteiger partial charge in [0.25, 0.3) is 0 Å². The van der Waals surface area contributed by atoms with Gasteiger partial charge in [-0.1, -0.05) is 12.1 Å². The molecule has 0 aromatic heterocycles. The highest BCUT2D eigenvalue weighted by atomic mass is 16.3. The van der Waals surface area contributed by atoms with Gasteiger partial charge < -0.3 is 16.2 Å². The molecule has 94 valence electrons. The lowest BCUT2D eigenvalue weighted by molar-refractivity contribution is -0.123. The second-order valence-electron chi connectivity index (χ2n) is 4.92. The van der Waals surface area contributed by atoms with E-state index < -0.39 is 5.60 Å². The van der Waals surface area contributed by atoms with Gasteiger partial charge >= 0.3 is 0 Å². The highest BCUT2D eigenvalue weighted by Crippen LogP contribution is 2.17. The molecule has 4 N–H and O–H groups in total. The Morgan fingerprint density at radius 2 is 2.18 bits per heavy atom. The topological polar surface area (TPSA) is 75.3 Å². The number of nitrogens with one attached hydrogen (secondary N) is 1. The summed E-state index contributed by atoms with van der Waals surface area (Å²) < 4.78 is 0. The Morgan fingerprint density at radius 3 is 2.71 bits per heavy atom. The van der Waals surface area contributed by atoms with Gasteiger partial charge in [-0.15, -0.1) is 0 Å². The Bertz CT molecular complexity index is 397. The van der Waals surface area contributed by atoms with Crippen LogP contribution in [0.3, 0.4) is 0 Å². The van der Waals surface area contributed by atoms with E-state index in [4.69, 9.17) is 5.73 Å². The Kier molecular flexibility index (Phi) is 4.12. The summed E-state index contributed by atoms with van der Waals surface area (Å²) in [6.45, 7) is 5.35. The number of hydrogen-bond acceptors (Lipinski definition) is 3. The highest BCUT2D eigenvalue weighted by Gasteiger charge is 2.18. The number of amides is 1. The van der Waals surface area contributed by atoms with Crippen molar-refractivity contribution in [3.8, 4) is 0 Å². The van der Waals surface area contributed by atoms with Crippen LogP contribution in [0.25, 0.3) is 0 Å². The predicted molar refractivity (Wildman–Crippen MR) is 68.6 cm³/mol.